The summed E-state index contributed by atoms with van der Waals surface area (Å²) in [7, 11) is 1.73. The molecule has 1 aliphatic rings. The topological polar surface area (TPSA) is 64.4 Å². The van der Waals surface area contributed by atoms with E-state index in [1.54, 1.807) is 23.6 Å². The summed E-state index contributed by atoms with van der Waals surface area (Å²) in [4.78, 5) is 26.8. The van der Waals surface area contributed by atoms with E-state index in [0.29, 0.717) is 37.4 Å². The summed E-state index contributed by atoms with van der Waals surface area (Å²) in [6.45, 7) is 3.05. The lowest BCUT2D eigenvalue weighted by Gasteiger charge is -2.27. The van der Waals surface area contributed by atoms with Crippen LogP contribution in [0.25, 0.3) is 0 Å². The van der Waals surface area contributed by atoms with Crippen LogP contribution in [-0.4, -0.2) is 39.7 Å². The summed E-state index contributed by atoms with van der Waals surface area (Å²) in [5.41, 5.74) is 2.78. The van der Waals surface area contributed by atoms with E-state index in [-0.39, 0.29) is 5.91 Å². The van der Waals surface area contributed by atoms with Crippen molar-refractivity contribution in [2.75, 3.05) is 13.2 Å². The van der Waals surface area contributed by atoms with Crippen LogP contribution in [0.2, 0.25) is 0 Å². The van der Waals surface area contributed by atoms with Crippen molar-refractivity contribution in [2.45, 2.75) is 19.9 Å². The molecule has 0 fully saturated rings. The second kappa shape index (κ2) is 6.92. The van der Waals surface area contributed by atoms with Gasteiger partial charge in [0.15, 0.2) is 5.69 Å². The molecule has 0 saturated heterocycles. The molecule has 0 radical (unpaired) electrons. The van der Waals surface area contributed by atoms with Crippen LogP contribution in [0.3, 0.4) is 0 Å². The molecule has 0 N–H and O–H groups in total. The largest absolute Gasteiger partial charge is 0.461 e. The fraction of sp³-hybridized carbons (Fsp3) is 0.353. The standard InChI is InChI=1S/C17H18IN3O3/c1-3-24-17(23)15-12-10-21(9-8-14(12)19-20(15)2)16(22)11-6-4-5-7-13(11)18/h4-7H,3,8-10H2,1-2H3. The molecule has 126 valence electrons. The predicted octanol–water partition coefficient (Wildman–Crippen LogP) is 2.40. The van der Waals surface area contributed by atoms with Crippen LogP contribution >= 0.6 is 22.6 Å². The minimum Gasteiger partial charge on any atom is -0.461 e. The summed E-state index contributed by atoms with van der Waals surface area (Å²) in [5, 5.41) is 4.41. The van der Waals surface area contributed by atoms with Crippen LogP contribution in [0.5, 0.6) is 0 Å². The number of aryl methyl sites for hydroxylation is 1. The minimum absolute atomic E-state index is 0.0238. The van der Waals surface area contributed by atoms with Crippen molar-refractivity contribution in [3.8, 4) is 0 Å². The first-order valence-corrected chi connectivity index (χ1v) is 8.86. The molecule has 1 aromatic heterocycles. The number of fused-ring (bicyclic) bond motifs is 1. The summed E-state index contributed by atoms with van der Waals surface area (Å²) < 4.78 is 7.61. The Hall–Kier alpha value is -1.90. The molecule has 2 heterocycles. The highest BCUT2D eigenvalue weighted by Crippen LogP contribution is 2.25. The molecule has 1 amide bonds. The van der Waals surface area contributed by atoms with Gasteiger partial charge in [0.05, 0.1) is 24.4 Å². The second-order valence-corrected chi connectivity index (χ2v) is 6.74. The van der Waals surface area contributed by atoms with Crippen LogP contribution in [0, 0.1) is 3.57 Å². The maximum Gasteiger partial charge on any atom is 0.356 e. The number of amides is 1. The van der Waals surface area contributed by atoms with Gasteiger partial charge >= 0.3 is 5.97 Å². The number of hydrogen-bond donors (Lipinski definition) is 0. The van der Waals surface area contributed by atoms with Crippen LogP contribution < -0.4 is 0 Å². The number of hydrogen-bond acceptors (Lipinski definition) is 4. The Morgan fingerprint density at radius 1 is 1.33 bits per heavy atom. The Morgan fingerprint density at radius 2 is 2.08 bits per heavy atom. The van der Waals surface area contributed by atoms with E-state index in [2.05, 4.69) is 27.7 Å². The molecule has 0 aliphatic carbocycles. The van der Waals surface area contributed by atoms with Crippen molar-refractivity contribution >= 4 is 34.5 Å². The van der Waals surface area contributed by atoms with Crippen molar-refractivity contribution < 1.29 is 14.3 Å². The van der Waals surface area contributed by atoms with Gasteiger partial charge in [0.1, 0.15) is 0 Å². The number of benzene rings is 1. The smallest absolute Gasteiger partial charge is 0.356 e. The third-order valence-electron chi connectivity index (χ3n) is 4.06. The number of aromatic nitrogens is 2. The van der Waals surface area contributed by atoms with Gasteiger partial charge in [-0.15, -0.1) is 0 Å². The van der Waals surface area contributed by atoms with Crippen LogP contribution in [-0.2, 0) is 24.8 Å². The average Bonchev–Trinajstić information content (AvgIpc) is 2.89. The quantitative estimate of drug-likeness (QED) is 0.545. The summed E-state index contributed by atoms with van der Waals surface area (Å²) in [6, 6.07) is 7.51. The monoisotopic (exact) mass is 439 g/mol. The number of esters is 1. The molecule has 6 nitrogen and oxygen atoms in total. The molecule has 0 spiro atoms. The fourth-order valence-electron chi connectivity index (χ4n) is 2.93. The number of carbonyl (C=O) groups is 2. The van der Waals surface area contributed by atoms with Gasteiger partial charge < -0.3 is 9.64 Å². The van der Waals surface area contributed by atoms with Gasteiger partial charge in [0.25, 0.3) is 5.91 Å². The lowest BCUT2D eigenvalue weighted by molar-refractivity contribution is 0.0508. The van der Waals surface area contributed by atoms with Gasteiger partial charge in [-0.3, -0.25) is 9.48 Å². The van der Waals surface area contributed by atoms with E-state index < -0.39 is 5.97 Å². The number of ether oxygens (including phenoxy) is 1. The first-order valence-electron chi connectivity index (χ1n) is 7.78. The van der Waals surface area contributed by atoms with Crippen molar-refractivity contribution in [1.82, 2.24) is 14.7 Å². The van der Waals surface area contributed by atoms with Gasteiger partial charge in [0, 0.05) is 29.1 Å². The SMILES string of the molecule is CCOC(=O)c1c2c(nn1C)CCN(C(=O)c1ccccc1I)C2. The third kappa shape index (κ3) is 3.04. The van der Waals surface area contributed by atoms with Gasteiger partial charge in [-0.05, 0) is 41.6 Å². The summed E-state index contributed by atoms with van der Waals surface area (Å²) in [6.07, 6.45) is 0.637. The number of halogens is 1. The molecule has 1 aromatic carbocycles. The summed E-state index contributed by atoms with van der Waals surface area (Å²) >= 11 is 2.17. The zero-order chi connectivity index (χ0) is 17.3. The van der Waals surface area contributed by atoms with Crippen LogP contribution in [0.4, 0.5) is 0 Å². The molecule has 0 bridgehead atoms. The molecule has 2 aromatic rings. The van der Waals surface area contributed by atoms with Crippen molar-refractivity contribution in [1.29, 1.82) is 0 Å². The Morgan fingerprint density at radius 3 is 2.79 bits per heavy atom. The van der Waals surface area contributed by atoms with E-state index in [1.165, 1.54) is 0 Å². The Balaban J connectivity index is 1.90. The third-order valence-corrected chi connectivity index (χ3v) is 5.00. The van der Waals surface area contributed by atoms with Crippen LogP contribution in [0.15, 0.2) is 24.3 Å². The van der Waals surface area contributed by atoms with Crippen molar-refractivity contribution in [2.24, 2.45) is 7.05 Å². The number of rotatable bonds is 3. The minimum atomic E-state index is -0.391. The molecule has 0 atom stereocenters. The maximum atomic E-state index is 12.8. The van der Waals surface area contributed by atoms with Gasteiger partial charge in [-0.1, -0.05) is 12.1 Å². The Bertz CT molecular complexity index is 800. The molecule has 24 heavy (non-hydrogen) atoms. The van der Waals surface area contributed by atoms with E-state index in [1.807, 2.05) is 24.3 Å². The lowest BCUT2D eigenvalue weighted by Crippen LogP contribution is -2.36. The Labute approximate surface area is 153 Å². The molecule has 0 saturated carbocycles. The normalized spacial score (nSPS) is 13.5. The first kappa shape index (κ1) is 16.9. The highest BCUT2D eigenvalue weighted by Gasteiger charge is 2.30. The van der Waals surface area contributed by atoms with E-state index >= 15 is 0 Å². The van der Waals surface area contributed by atoms with Gasteiger partial charge in [-0.25, -0.2) is 4.79 Å². The zero-order valence-electron chi connectivity index (χ0n) is 13.6. The molecule has 3 rings (SSSR count). The highest BCUT2D eigenvalue weighted by atomic mass is 127. The predicted molar refractivity (Wildman–Crippen MR) is 96.8 cm³/mol. The summed E-state index contributed by atoms with van der Waals surface area (Å²) in [5.74, 6) is -0.415. The molecule has 1 aliphatic heterocycles. The average molecular weight is 439 g/mol. The highest BCUT2D eigenvalue weighted by molar-refractivity contribution is 14.1. The second-order valence-electron chi connectivity index (χ2n) is 5.57. The Kier molecular flexibility index (Phi) is 4.88. The molecule has 7 heteroatoms. The van der Waals surface area contributed by atoms with E-state index in [9.17, 15) is 9.59 Å². The van der Waals surface area contributed by atoms with E-state index in [4.69, 9.17) is 4.74 Å². The van der Waals surface area contributed by atoms with Gasteiger partial charge in [-0.2, -0.15) is 5.10 Å². The lowest BCUT2D eigenvalue weighted by atomic mass is 10.0. The van der Waals surface area contributed by atoms with Gasteiger partial charge in [0.2, 0.25) is 0 Å². The number of nitrogens with zero attached hydrogens (tertiary/aromatic N) is 3. The van der Waals surface area contributed by atoms with Crippen LogP contribution in [0.1, 0.15) is 39.0 Å². The first-order chi connectivity index (χ1) is 11.5. The molecular formula is C17H18IN3O3. The van der Waals surface area contributed by atoms with Crippen molar-refractivity contribution in [3.05, 3.63) is 50.4 Å². The molecule has 0 unspecified atom stereocenters. The number of carbonyl (C=O) groups excluding carboxylic acids is 2. The van der Waals surface area contributed by atoms with Crippen molar-refractivity contribution in [3.63, 3.8) is 0 Å². The maximum absolute atomic E-state index is 12.8. The van der Waals surface area contributed by atoms with E-state index in [0.717, 1.165) is 14.8 Å². The fourth-order valence-corrected chi connectivity index (χ4v) is 3.55. The molecular weight excluding hydrogens is 421 g/mol. The zero-order valence-corrected chi connectivity index (χ0v) is 15.7.